The lowest BCUT2D eigenvalue weighted by Crippen LogP contribution is -2.48. The predicted molar refractivity (Wildman–Crippen MR) is 83.4 cm³/mol. The SMILES string of the molecule is CNC(c1cccc2ccsc12)C1(OC)CCOCC1. The number of benzene rings is 1. The summed E-state index contributed by atoms with van der Waals surface area (Å²) < 4.78 is 12.9. The molecule has 3 nitrogen and oxygen atoms in total. The number of hydrogen-bond donors (Lipinski definition) is 1. The second-order valence-electron chi connectivity index (χ2n) is 5.29. The van der Waals surface area contributed by atoms with Crippen LogP contribution < -0.4 is 5.32 Å². The smallest absolute Gasteiger partial charge is 0.0916 e. The highest BCUT2D eigenvalue weighted by atomic mass is 32.1. The van der Waals surface area contributed by atoms with Crippen LogP contribution in [-0.2, 0) is 9.47 Å². The molecule has 2 heterocycles. The number of likely N-dealkylation sites (N-methyl/N-ethyl adjacent to an activating group) is 1. The molecule has 0 amide bonds. The van der Waals surface area contributed by atoms with Gasteiger partial charge in [-0.05, 0) is 29.4 Å². The highest BCUT2D eigenvalue weighted by molar-refractivity contribution is 7.17. The van der Waals surface area contributed by atoms with E-state index in [1.165, 1.54) is 15.6 Å². The number of rotatable bonds is 4. The Morgan fingerprint density at radius 1 is 1.30 bits per heavy atom. The Hall–Kier alpha value is -0.940. The van der Waals surface area contributed by atoms with Gasteiger partial charge >= 0.3 is 0 Å². The zero-order chi connectivity index (χ0) is 14.0. The standard InChI is InChI=1S/C16H21NO2S/c1-17-15(16(18-2)7-9-19-10-8-16)13-5-3-4-12-6-11-20-14(12)13/h3-6,11,15,17H,7-10H2,1-2H3. The molecule has 1 fully saturated rings. The van der Waals surface area contributed by atoms with Crippen LogP contribution in [0.2, 0.25) is 0 Å². The summed E-state index contributed by atoms with van der Waals surface area (Å²) in [4.78, 5) is 0. The van der Waals surface area contributed by atoms with Crippen molar-refractivity contribution in [1.82, 2.24) is 5.32 Å². The van der Waals surface area contributed by atoms with Crippen molar-refractivity contribution in [3.63, 3.8) is 0 Å². The van der Waals surface area contributed by atoms with Gasteiger partial charge in [0.2, 0.25) is 0 Å². The molecule has 1 N–H and O–H groups in total. The molecule has 1 aliphatic rings. The van der Waals surface area contributed by atoms with Gasteiger partial charge in [-0.3, -0.25) is 0 Å². The topological polar surface area (TPSA) is 30.5 Å². The number of ether oxygens (including phenoxy) is 2. The lowest BCUT2D eigenvalue weighted by Gasteiger charge is -2.42. The Labute approximate surface area is 123 Å². The van der Waals surface area contributed by atoms with Crippen LogP contribution in [0.1, 0.15) is 24.4 Å². The van der Waals surface area contributed by atoms with Crippen LogP contribution in [0, 0.1) is 0 Å². The van der Waals surface area contributed by atoms with Gasteiger partial charge in [-0.25, -0.2) is 0 Å². The van der Waals surface area contributed by atoms with Crippen LogP contribution in [0.25, 0.3) is 10.1 Å². The van der Waals surface area contributed by atoms with Crippen molar-refractivity contribution in [2.75, 3.05) is 27.4 Å². The molecule has 1 unspecified atom stereocenters. The number of methoxy groups -OCH3 is 1. The van der Waals surface area contributed by atoms with Gasteiger partial charge in [0.25, 0.3) is 0 Å². The zero-order valence-corrected chi connectivity index (χ0v) is 12.8. The van der Waals surface area contributed by atoms with Gasteiger partial charge in [0.05, 0.1) is 11.6 Å². The summed E-state index contributed by atoms with van der Waals surface area (Å²) in [5, 5.41) is 6.96. The minimum absolute atomic E-state index is 0.175. The van der Waals surface area contributed by atoms with E-state index in [9.17, 15) is 0 Å². The predicted octanol–water partition coefficient (Wildman–Crippen LogP) is 3.36. The molecule has 1 aliphatic heterocycles. The van der Waals surface area contributed by atoms with E-state index in [-0.39, 0.29) is 11.6 Å². The van der Waals surface area contributed by atoms with E-state index in [2.05, 4.69) is 35.0 Å². The molecule has 1 aromatic carbocycles. The van der Waals surface area contributed by atoms with Crippen molar-refractivity contribution >= 4 is 21.4 Å². The number of fused-ring (bicyclic) bond motifs is 1. The van der Waals surface area contributed by atoms with Crippen molar-refractivity contribution in [3.05, 3.63) is 35.2 Å². The molecule has 1 aromatic heterocycles. The van der Waals surface area contributed by atoms with E-state index < -0.39 is 0 Å². The molecule has 1 saturated heterocycles. The largest absolute Gasteiger partial charge is 0.381 e. The third-order valence-electron chi connectivity index (χ3n) is 4.38. The quantitative estimate of drug-likeness (QED) is 0.937. The molecule has 0 spiro atoms. The van der Waals surface area contributed by atoms with Crippen molar-refractivity contribution in [2.24, 2.45) is 0 Å². The van der Waals surface area contributed by atoms with Gasteiger partial charge in [-0.15, -0.1) is 11.3 Å². The fourth-order valence-electron chi connectivity index (χ4n) is 3.27. The second-order valence-corrected chi connectivity index (χ2v) is 6.21. The van der Waals surface area contributed by atoms with Crippen LogP contribution in [0.15, 0.2) is 29.6 Å². The van der Waals surface area contributed by atoms with E-state index in [0.717, 1.165) is 26.1 Å². The van der Waals surface area contributed by atoms with Crippen molar-refractivity contribution in [3.8, 4) is 0 Å². The molecule has 0 aliphatic carbocycles. The lowest BCUT2D eigenvalue weighted by molar-refractivity contribution is -0.110. The summed E-state index contributed by atoms with van der Waals surface area (Å²) >= 11 is 1.80. The van der Waals surface area contributed by atoms with Crippen molar-refractivity contribution in [1.29, 1.82) is 0 Å². The molecule has 2 aromatic rings. The fourth-order valence-corrected chi connectivity index (χ4v) is 4.22. The normalized spacial score (nSPS) is 20.1. The van der Waals surface area contributed by atoms with Gasteiger partial charge in [0, 0.05) is 37.9 Å². The average molecular weight is 291 g/mol. The van der Waals surface area contributed by atoms with E-state index in [1.54, 1.807) is 11.3 Å². The van der Waals surface area contributed by atoms with Gasteiger partial charge < -0.3 is 14.8 Å². The van der Waals surface area contributed by atoms with Gasteiger partial charge in [-0.1, -0.05) is 18.2 Å². The number of hydrogen-bond acceptors (Lipinski definition) is 4. The molecule has 20 heavy (non-hydrogen) atoms. The van der Waals surface area contributed by atoms with Crippen molar-refractivity contribution in [2.45, 2.75) is 24.5 Å². The Balaban J connectivity index is 2.06. The monoisotopic (exact) mass is 291 g/mol. The van der Waals surface area contributed by atoms with Crippen LogP contribution in [-0.4, -0.2) is 33.0 Å². The summed E-state index contributed by atoms with van der Waals surface area (Å²) in [6, 6.07) is 8.90. The lowest BCUT2D eigenvalue weighted by atomic mass is 9.82. The molecule has 0 saturated carbocycles. The number of nitrogens with one attached hydrogen (secondary N) is 1. The maximum atomic E-state index is 5.97. The van der Waals surface area contributed by atoms with E-state index in [0.29, 0.717) is 0 Å². The van der Waals surface area contributed by atoms with Gasteiger partial charge in [0.1, 0.15) is 0 Å². The van der Waals surface area contributed by atoms with Gasteiger partial charge in [0.15, 0.2) is 0 Å². The number of thiophene rings is 1. The maximum absolute atomic E-state index is 5.97. The summed E-state index contributed by atoms with van der Waals surface area (Å²) in [6.45, 7) is 1.54. The maximum Gasteiger partial charge on any atom is 0.0916 e. The average Bonchev–Trinajstić information content (AvgIpc) is 2.98. The van der Waals surface area contributed by atoms with Crippen molar-refractivity contribution < 1.29 is 9.47 Å². The molecular weight excluding hydrogens is 270 g/mol. The van der Waals surface area contributed by atoms with E-state index in [1.807, 2.05) is 14.2 Å². The first-order valence-electron chi connectivity index (χ1n) is 7.07. The first-order valence-corrected chi connectivity index (χ1v) is 7.95. The molecule has 0 radical (unpaired) electrons. The van der Waals surface area contributed by atoms with Gasteiger partial charge in [-0.2, -0.15) is 0 Å². The molecule has 0 bridgehead atoms. The molecular formula is C16H21NO2S. The molecule has 3 rings (SSSR count). The molecule has 108 valence electrons. The summed E-state index contributed by atoms with van der Waals surface area (Å²) in [7, 11) is 3.84. The Morgan fingerprint density at radius 2 is 2.10 bits per heavy atom. The van der Waals surface area contributed by atoms with Crippen LogP contribution in [0.5, 0.6) is 0 Å². The van der Waals surface area contributed by atoms with Crippen LogP contribution in [0.4, 0.5) is 0 Å². The van der Waals surface area contributed by atoms with E-state index >= 15 is 0 Å². The first kappa shape index (κ1) is 14.0. The minimum atomic E-state index is -0.175. The Bertz CT molecular complexity index is 575. The van der Waals surface area contributed by atoms with E-state index in [4.69, 9.17) is 9.47 Å². The third kappa shape index (κ3) is 2.27. The highest BCUT2D eigenvalue weighted by Gasteiger charge is 2.41. The first-order chi connectivity index (χ1) is 9.80. The van der Waals surface area contributed by atoms with Crippen LogP contribution >= 0.6 is 11.3 Å². The zero-order valence-electron chi connectivity index (χ0n) is 12.0. The summed E-state index contributed by atoms with van der Waals surface area (Å²) in [5.74, 6) is 0. The minimum Gasteiger partial charge on any atom is -0.381 e. The Morgan fingerprint density at radius 3 is 2.80 bits per heavy atom. The molecule has 4 heteroatoms. The Kier molecular flexibility index (Phi) is 4.08. The summed E-state index contributed by atoms with van der Waals surface area (Å²) in [5.41, 5.74) is 1.16. The van der Waals surface area contributed by atoms with Crippen LogP contribution in [0.3, 0.4) is 0 Å². The summed E-state index contributed by atoms with van der Waals surface area (Å²) in [6.07, 6.45) is 1.85. The fraction of sp³-hybridized carbons (Fsp3) is 0.500. The highest BCUT2D eigenvalue weighted by Crippen LogP contribution is 2.40. The third-order valence-corrected chi connectivity index (χ3v) is 5.36. The second kappa shape index (κ2) is 5.82. The molecule has 1 atom stereocenters.